The smallest absolute Gasteiger partial charge is 0.179 e. The minimum Gasteiger partial charge on any atom is -0.495 e. The van der Waals surface area contributed by atoms with Crippen LogP contribution in [0.4, 0.5) is 0 Å². The van der Waals surface area contributed by atoms with Crippen LogP contribution in [0.3, 0.4) is 0 Å². The third kappa shape index (κ3) is 3.19. The molecule has 1 rings (SSSR count). The van der Waals surface area contributed by atoms with Crippen molar-refractivity contribution in [1.29, 1.82) is 0 Å². The molecule has 0 amide bonds. The molecule has 0 aliphatic carbocycles. The summed E-state index contributed by atoms with van der Waals surface area (Å²) in [4.78, 5) is 4.63. The summed E-state index contributed by atoms with van der Waals surface area (Å²) in [5, 5.41) is 0. The molecule has 0 bridgehead atoms. The summed E-state index contributed by atoms with van der Waals surface area (Å²) in [6, 6.07) is 4.99. The standard InChI is InChI=1S/C10H15NO4S/c1-14-9-4-3-8(5-6-15-11)7-10(9)16(2,12)13/h3-4,7H,5-6,11H2,1-2H3. The van der Waals surface area contributed by atoms with Gasteiger partial charge in [0.15, 0.2) is 9.84 Å². The first-order valence-electron chi connectivity index (χ1n) is 4.67. The van der Waals surface area contributed by atoms with Gasteiger partial charge in [-0.25, -0.2) is 14.3 Å². The average molecular weight is 245 g/mol. The van der Waals surface area contributed by atoms with Crippen molar-refractivity contribution in [3.05, 3.63) is 23.8 Å². The zero-order chi connectivity index (χ0) is 12.2. The summed E-state index contributed by atoms with van der Waals surface area (Å²) in [6.45, 7) is 0.343. The summed E-state index contributed by atoms with van der Waals surface area (Å²) in [5.41, 5.74) is 0.840. The third-order valence-corrected chi connectivity index (χ3v) is 3.25. The number of benzene rings is 1. The lowest BCUT2D eigenvalue weighted by atomic mass is 10.1. The molecule has 0 fully saturated rings. The van der Waals surface area contributed by atoms with Crippen LogP contribution in [0.1, 0.15) is 5.56 Å². The van der Waals surface area contributed by atoms with Crippen molar-refractivity contribution in [3.63, 3.8) is 0 Å². The Balaban J connectivity index is 3.12. The van der Waals surface area contributed by atoms with Gasteiger partial charge in [-0.15, -0.1) is 0 Å². The van der Waals surface area contributed by atoms with E-state index in [1.54, 1.807) is 18.2 Å². The van der Waals surface area contributed by atoms with Gasteiger partial charge in [-0.3, -0.25) is 0 Å². The molecule has 1 aromatic rings. The molecule has 0 saturated heterocycles. The van der Waals surface area contributed by atoms with Crippen molar-refractivity contribution in [2.45, 2.75) is 11.3 Å². The molecule has 16 heavy (non-hydrogen) atoms. The quantitative estimate of drug-likeness (QED) is 0.766. The Hall–Kier alpha value is -1.11. The first kappa shape index (κ1) is 13.0. The van der Waals surface area contributed by atoms with E-state index < -0.39 is 9.84 Å². The molecule has 1 aromatic carbocycles. The first-order valence-corrected chi connectivity index (χ1v) is 6.57. The molecule has 0 atom stereocenters. The highest BCUT2D eigenvalue weighted by atomic mass is 32.2. The highest BCUT2D eigenvalue weighted by Crippen LogP contribution is 2.24. The van der Waals surface area contributed by atoms with E-state index in [1.807, 2.05) is 0 Å². The Morgan fingerprint density at radius 2 is 2.06 bits per heavy atom. The van der Waals surface area contributed by atoms with Gasteiger partial charge in [0.05, 0.1) is 13.7 Å². The van der Waals surface area contributed by atoms with Crippen LogP contribution in [0.25, 0.3) is 0 Å². The van der Waals surface area contributed by atoms with E-state index in [9.17, 15) is 8.42 Å². The van der Waals surface area contributed by atoms with E-state index in [1.165, 1.54) is 7.11 Å². The molecule has 6 heteroatoms. The van der Waals surface area contributed by atoms with Crippen LogP contribution in [-0.4, -0.2) is 28.4 Å². The molecule has 0 saturated carbocycles. The number of hydrogen-bond donors (Lipinski definition) is 1. The second-order valence-corrected chi connectivity index (χ2v) is 5.36. The molecule has 0 aliphatic heterocycles. The van der Waals surface area contributed by atoms with Gasteiger partial charge < -0.3 is 9.57 Å². The maximum Gasteiger partial charge on any atom is 0.179 e. The molecule has 5 nitrogen and oxygen atoms in total. The summed E-state index contributed by atoms with van der Waals surface area (Å²) in [5.74, 6) is 5.26. The lowest BCUT2D eigenvalue weighted by Gasteiger charge is -2.08. The van der Waals surface area contributed by atoms with Gasteiger partial charge in [0.25, 0.3) is 0 Å². The predicted octanol–water partition coefficient (Wildman–Crippen LogP) is 0.532. The van der Waals surface area contributed by atoms with E-state index in [0.717, 1.165) is 11.8 Å². The van der Waals surface area contributed by atoms with Gasteiger partial charge in [-0.1, -0.05) is 6.07 Å². The van der Waals surface area contributed by atoms with Gasteiger partial charge >= 0.3 is 0 Å². The second-order valence-electron chi connectivity index (χ2n) is 3.38. The fraction of sp³-hybridized carbons (Fsp3) is 0.400. The van der Waals surface area contributed by atoms with E-state index >= 15 is 0 Å². The summed E-state index contributed by atoms with van der Waals surface area (Å²) in [7, 11) is -1.85. The normalized spacial score (nSPS) is 11.4. The number of methoxy groups -OCH3 is 1. The van der Waals surface area contributed by atoms with Gasteiger partial charge in [-0.2, -0.15) is 0 Å². The largest absolute Gasteiger partial charge is 0.495 e. The Bertz CT molecular complexity index is 456. The lowest BCUT2D eigenvalue weighted by molar-refractivity contribution is 0.141. The number of nitrogens with two attached hydrogens (primary N) is 1. The molecule has 90 valence electrons. The lowest BCUT2D eigenvalue weighted by Crippen LogP contribution is -2.06. The third-order valence-electron chi connectivity index (χ3n) is 2.14. The van der Waals surface area contributed by atoms with Gasteiger partial charge in [0, 0.05) is 6.26 Å². The molecule has 0 aliphatic rings. The van der Waals surface area contributed by atoms with Crippen LogP contribution < -0.4 is 10.6 Å². The molecule has 0 heterocycles. The molecular weight excluding hydrogens is 230 g/mol. The van der Waals surface area contributed by atoms with Gasteiger partial charge in [0.1, 0.15) is 10.6 Å². The molecule has 0 unspecified atom stereocenters. The topological polar surface area (TPSA) is 78.6 Å². The SMILES string of the molecule is COc1ccc(CCON)cc1S(C)(=O)=O. The molecule has 2 N–H and O–H groups in total. The van der Waals surface area contributed by atoms with Gasteiger partial charge in [-0.05, 0) is 24.1 Å². The Morgan fingerprint density at radius 3 is 2.56 bits per heavy atom. The molecule has 0 aromatic heterocycles. The van der Waals surface area contributed by atoms with Gasteiger partial charge in [0.2, 0.25) is 0 Å². The van der Waals surface area contributed by atoms with Crippen molar-refractivity contribution in [2.24, 2.45) is 5.90 Å². The monoisotopic (exact) mass is 245 g/mol. The van der Waals surface area contributed by atoms with Crippen molar-refractivity contribution < 1.29 is 18.0 Å². The maximum absolute atomic E-state index is 11.5. The van der Waals surface area contributed by atoms with E-state index in [2.05, 4.69) is 4.84 Å². The van der Waals surface area contributed by atoms with Crippen molar-refractivity contribution in [1.82, 2.24) is 0 Å². The number of rotatable bonds is 5. The number of sulfone groups is 1. The Morgan fingerprint density at radius 1 is 1.38 bits per heavy atom. The van der Waals surface area contributed by atoms with E-state index in [-0.39, 0.29) is 4.90 Å². The van der Waals surface area contributed by atoms with Crippen molar-refractivity contribution in [3.8, 4) is 5.75 Å². The van der Waals surface area contributed by atoms with Crippen LogP contribution in [0.15, 0.2) is 23.1 Å². The highest BCUT2D eigenvalue weighted by molar-refractivity contribution is 7.90. The fourth-order valence-corrected chi connectivity index (χ4v) is 2.23. The summed E-state index contributed by atoms with van der Waals surface area (Å²) >= 11 is 0. The summed E-state index contributed by atoms with van der Waals surface area (Å²) in [6.07, 6.45) is 1.71. The highest BCUT2D eigenvalue weighted by Gasteiger charge is 2.14. The van der Waals surface area contributed by atoms with Crippen molar-refractivity contribution in [2.75, 3.05) is 20.0 Å². The van der Waals surface area contributed by atoms with Crippen LogP contribution in [0.5, 0.6) is 5.75 Å². The van der Waals surface area contributed by atoms with Crippen LogP contribution in [-0.2, 0) is 21.1 Å². The summed E-state index contributed by atoms with van der Waals surface area (Å²) < 4.78 is 28.0. The average Bonchev–Trinajstić information content (AvgIpc) is 2.24. The van der Waals surface area contributed by atoms with Crippen LogP contribution >= 0.6 is 0 Å². The zero-order valence-electron chi connectivity index (χ0n) is 9.26. The number of ether oxygens (including phenoxy) is 1. The fourth-order valence-electron chi connectivity index (χ4n) is 1.34. The minimum atomic E-state index is -3.29. The maximum atomic E-state index is 11.5. The first-order chi connectivity index (χ1) is 7.49. The van der Waals surface area contributed by atoms with Crippen molar-refractivity contribution >= 4 is 9.84 Å². The molecule has 0 radical (unpaired) electrons. The Kier molecular flexibility index (Phi) is 4.28. The predicted molar refractivity (Wildman–Crippen MR) is 59.9 cm³/mol. The molecular formula is C10H15NO4S. The van der Waals surface area contributed by atoms with E-state index in [4.69, 9.17) is 10.6 Å². The van der Waals surface area contributed by atoms with Crippen LogP contribution in [0, 0.1) is 0 Å². The number of hydrogen-bond acceptors (Lipinski definition) is 5. The molecule has 0 spiro atoms. The Labute approximate surface area is 95.0 Å². The second kappa shape index (κ2) is 5.29. The van der Waals surface area contributed by atoms with E-state index in [0.29, 0.717) is 18.8 Å². The van der Waals surface area contributed by atoms with Crippen LogP contribution in [0.2, 0.25) is 0 Å². The minimum absolute atomic E-state index is 0.185. The zero-order valence-corrected chi connectivity index (χ0v) is 10.1.